The van der Waals surface area contributed by atoms with E-state index in [0.717, 1.165) is 22.3 Å². The van der Waals surface area contributed by atoms with Crippen molar-refractivity contribution >= 4 is 18.0 Å². The molecule has 2 N–H and O–H groups in total. The third kappa shape index (κ3) is 4.27. The normalized spacial score (nSPS) is 21.2. The summed E-state index contributed by atoms with van der Waals surface area (Å²) in [7, 11) is 0. The van der Waals surface area contributed by atoms with E-state index in [0.29, 0.717) is 0 Å². The average molecular weight is 481 g/mol. The van der Waals surface area contributed by atoms with Crippen molar-refractivity contribution in [3.63, 3.8) is 0 Å². The molecule has 1 fully saturated rings. The van der Waals surface area contributed by atoms with Gasteiger partial charge in [-0.05, 0) is 49.9 Å². The summed E-state index contributed by atoms with van der Waals surface area (Å²) < 4.78 is 11.2. The third-order valence-electron chi connectivity index (χ3n) is 7.34. The van der Waals surface area contributed by atoms with E-state index in [2.05, 4.69) is 17.4 Å². The van der Waals surface area contributed by atoms with Crippen LogP contribution < -0.4 is 5.32 Å². The molecule has 2 amide bonds. The van der Waals surface area contributed by atoms with Crippen molar-refractivity contribution in [1.82, 2.24) is 10.2 Å². The van der Waals surface area contributed by atoms with Gasteiger partial charge in [0.1, 0.15) is 12.1 Å². The van der Waals surface area contributed by atoms with Crippen LogP contribution in [0.4, 0.5) is 4.79 Å². The zero-order chi connectivity index (χ0) is 25.4. The number of amides is 2. The van der Waals surface area contributed by atoms with Crippen LogP contribution in [-0.4, -0.2) is 65.9 Å². The van der Waals surface area contributed by atoms with E-state index in [9.17, 15) is 19.5 Å². The van der Waals surface area contributed by atoms with Crippen LogP contribution in [0.3, 0.4) is 0 Å². The molecule has 0 aromatic heterocycles. The molecule has 2 atom stereocenters. The first-order valence-electron chi connectivity index (χ1n) is 11.9. The van der Waals surface area contributed by atoms with Gasteiger partial charge in [-0.25, -0.2) is 9.59 Å². The number of likely N-dealkylation sites (N-methyl/N-ethyl adjacent to an activating group) is 1. The summed E-state index contributed by atoms with van der Waals surface area (Å²) in [5.41, 5.74) is 1.99. The van der Waals surface area contributed by atoms with Gasteiger partial charge < -0.3 is 24.8 Å². The zero-order valence-electron chi connectivity index (χ0n) is 20.5. The Morgan fingerprint density at radius 2 is 1.69 bits per heavy atom. The highest BCUT2D eigenvalue weighted by Crippen LogP contribution is 2.44. The molecule has 0 spiro atoms. The Labute approximate surface area is 205 Å². The van der Waals surface area contributed by atoms with Crippen LogP contribution in [0.2, 0.25) is 0 Å². The predicted molar refractivity (Wildman–Crippen MR) is 130 cm³/mol. The number of carboxylic acid groups (broad SMARTS) is 1. The highest BCUT2D eigenvalue weighted by molar-refractivity contribution is 5.90. The molecule has 35 heavy (non-hydrogen) atoms. The number of carbonyl (C=O) groups is 3. The van der Waals surface area contributed by atoms with E-state index in [1.54, 1.807) is 13.8 Å². The lowest BCUT2D eigenvalue weighted by atomic mass is 9.82. The van der Waals surface area contributed by atoms with Gasteiger partial charge >= 0.3 is 12.1 Å². The number of nitrogens with one attached hydrogen (secondary N) is 1. The van der Waals surface area contributed by atoms with Gasteiger partial charge in [-0.2, -0.15) is 0 Å². The maximum Gasteiger partial charge on any atom is 0.407 e. The summed E-state index contributed by atoms with van der Waals surface area (Å²) in [5, 5.41) is 12.4. The molecular formula is C27H32N2O6. The van der Waals surface area contributed by atoms with Crippen molar-refractivity contribution < 1.29 is 29.0 Å². The number of ether oxygens (including phenoxy) is 2. The summed E-state index contributed by atoms with van der Waals surface area (Å²) >= 11 is 0. The Morgan fingerprint density at radius 1 is 1.11 bits per heavy atom. The molecule has 0 saturated carbocycles. The number of aliphatic carboxylic acids is 1. The summed E-state index contributed by atoms with van der Waals surface area (Å²) in [4.78, 5) is 39.4. The zero-order valence-corrected chi connectivity index (χ0v) is 20.5. The van der Waals surface area contributed by atoms with Crippen LogP contribution >= 0.6 is 0 Å². The van der Waals surface area contributed by atoms with Gasteiger partial charge in [0.2, 0.25) is 5.91 Å². The number of carboxylic acids is 1. The van der Waals surface area contributed by atoms with Gasteiger partial charge in [0.15, 0.2) is 0 Å². The first kappa shape index (κ1) is 24.7. The van der Waals surface area contributed by atoms with E-state index in [1.165, 1.54) is 18.7 Å². The molecule has 0 bridgehead atoms. The molecule has 0 radical (unpaired) electrons. The van der Waals surface area contributed by atoms with Gasteiger partial charge in [0.25, 0.3) is 0 Å². The SMILES string of the molecule is CCN(C(=O)C1(C)COCC1NC(=O)OCC1c2ccccc2-c2ccccc21)C(C)(C)C(=O)O. The van der Waals surface area contributed by atoms with Crippen LogP contribution in [0, 0.1) is 5.41 Å². The second-order valence-corrected chi connectivity index (χ2v) is 9.87. The summed E-state index contributed by atoms with van der Waals surface area (Å²) in [6.45, 7) is 6.99. The molecule has 2 aromatic rings. The number of carbonyl (C=O) groups excluding carboxylic acids is 2. The predicted octanol–water partition coefficient (Wildman–Crippen LogP) is 3.64. The van der Waals surface area contributed by atoms with Crippen molar-refractivity contribution in [2.24, 2.45) is 5.41 Å². The van der Waals surface area contributed by atoms with E-state index >= 15 is 0 Å². The Bertz CT molecular complexity index is 1100. The number of alkyl carbamates (subject to hydrolysis) is 1. The second-order valence-electron chi connectivity index (χ2n) is 9.87. The van der Waals surface area contributed by atoms with Crippen molar-refractivity contribution in [2.45, 2.75) is 45.2 Å². The number of hydrogen-bond donors (Lipinski definition) is 2. The monoisotopic (exact) mass is 480 g/mol. The van der Waals surface area contributed by atoms with Crippen LogP contribution in [-0.2, 0) is 19.1 Å². The molecule has 186 valence electrons. The van der Waals surface area contributed by atoms with Gasteiger partial charge in [0.05, 0.1) is 24.7 Å². The third-order valence-corrected chi connectivity index (χ3v) is 7.34. The molecule has 2 aromatic carbocycles. The Balaban J connectivity index is 1.46. The summed E-state index contributed by atoms with van der Waals surface area (Å²) in [6.07, 6.45) is -0.637. The fourth-order valence-corrected chi connectivity index (χ4v) is 5.08. The lowest BCUT2D eigenvalue weighted by Gasteiger charge is -2.40. The average Bonchev–Trinajstić information content (AvgIpc) is 3.36. The molecule has 1 aliphatic carbocycles. The van der Waals surface area contributed by atoms with Crippen molar-refractivity contribution in [3.05, 3.63) is 59.7 Å². The molecule has 1 heterocycles. The molecule has 2 aliphatic rings. The smallest absolute Gasteiger partial charge is 0.407 e. The first-order valence-corrected chi connectivity index (χ1v) is 11.9. The number of nitrogens with zero attached hydrogens (tertiary/aromatic N) is 1. The molecule has 8 heteroatoms. The maximum atomic E-state index is 13.5. The minimum atomic E-state index is -1.40. The van der Waals surface area contributed by atoms with Gasteiger partial charge in [-0.3, -0.25) is 4.79 Å². The van der Waals surface area contributed by atoms with Gasteiger partial charge in [-0.1, -0.05) is 48.5 Å². The van der Waals surface area contributed by atoms with Crippen LogP contribution in [0.15, 0.2) is 48.5 Å². The fraction of sp³-hybridized carbons (Fsp3) is 0.444. The largest absolute Gasteiger partial charge is 0.480 e. The first-order chi connectivity index (χ1) is 16.6. The Kier molecular flexibility index (Phi) is 6.60. The molecule has 1 aliphatic heterocycles. The maximum absolute atomic E-state index is 13.5. The van der Waals surface area contributed by atoms with Gasteiger partial charge in [-0.15, -0.1) is 0 Å². The number of benzene rings is 2. The topological polar surface area (TPSA) is 105 Å². The summed E-state index contributed by atoms with van der Waals surface area (Å²) in [6, 6.07) is 15.5. The standard InChI is InChI=1S/C27H32N2O6/c1-5-29(26(2,3)24(31)32)23(30)27(4)16-34-15-22(27)28-25(33)35-14-21-19-12-8-6-10-17(19)18-11-7-9-13-20(18)21/h6-13,21-22H,5,14-16H2,1-4H3,(H,28,33)(H,31,32). The van der Waals surface area contributed by atoms with E-state index in [-0.39, 0.29) is 38.2 Å². The Hall–Kier alpha value is -3.39. The molecule has 4 rings (SSSR count). The highest BCUT2D eigenvalue weighted by atomic mass is 16.5. The quantitative estimate of drug-likeness (QED) is 0.627. The molecular weight excluding hydrogens is 448 g/mol. The van der Waals surface area contributed by atoms with E-state index in [4.69, 9.17) is 9.47 Å². The van der Waals surface area contributed by atoms with Gasteiger partial charge in [0, 0.05) is 12.5 Å². The lowest BCUT2D eigenvalue weighted by molar-refractivity contribution is -0.161. The van der Waals surface area contributed by atoms with E-state index in [1.807, 2.05) is 36.4 Å². The van der Waals surface area contributed by atoms with Crippen LogP contribution in [0.5, 0.6) is 0 Å². The minimum absolute atomic E-state index is 0.0757. The van der Waals surface area contributed by atoms with Crippen LogP contribution in [0.25, 0.3) is 11.1 Å². The van der Waals surface area contributed by atoms with Crippen molar-refractivity contribution in [2.75, 3.05) is 26.4 Å². The molecule has 8 nitrogen and oxygen atoms in total. The number of rotatable bonds is 7. The van der Waals surface area contributed by atoms with Crippen molar-refractivity contribution in [1.29, 1.82) is 0 Å². The number of hydrogen-bond acceptors (Lipinski definition) is 5. The van der Waals surface area contributed by atoms with Crippen LogP contribution in [0.1, 0.15) is 44.7 Å². The van der Waals surface area contributed by atoms with E-state index < -0.39 is 29.1 Å². The summed E-state index contributed by atoms with van der Waals surface area (Å²) in [5.74, 6) is -1.56. The lowest BCUT2D eigenvalue weighted by Crippen LogP contribution is -2.61. The number of fused-ring (bicyclic) bond motifs is 3. The molecule has 1 saturated heterocycles. The van der Waals surface area contributed by atoms with Crippen molar-refractivity contribution in [3.8, 4) is 11.1 Å². The fourth-order valence-electron chi connectivity index (χ4n) is 5.08. The minimum Gasteiger partial charge on any atom is -0.480 e. The highest BCUT2D eigenvalue weighted by Gasteiger charge is 2.52. The Morgan fingerprint density at radius 3 is 2.23 bits per heavy atom. The second kappa shape index (κ2) is 9.34. The molecule has 2 unspecified atom stereocenters.